The number of esters is 3. The third-order valence-electron chi connectivity index (χ3n) is 3.93. The van der Waals surface area contributed by atoms with E-state index in [0.717, 1.165) is 0 Å². The zero-order valence-electron chi connectivity index (χ0n) is 19.4. The number of nitrogens with one attached hydrogen (secondary N) is 4. The summed E-state index contributed by atoms with van der Waals surface area (Å²) in [7, 11) is 1.21. The van der Waals surface area contributed by atoms with Gasteiger partial charge in [-0.25, -0.2) is 24.0 Å². The normalized spacial score (nSPS) is 10.8. The Bertz CT molecular complexity index is 723. The monoisotopic (exact) mass is 470 g/mol. The van der Waals surface area contributed by atoms with Gasteiger partial charge < -0.3 is 35.5 Å². The standard InChI is InChI=1S/C21H34N4O8/c1-14(2)17(26)32-12-10-23-20(29)22-9-7-6-8-16(19(28)31-5)25-21(30)24-11-13-33-18(27)15(3)4/h16H,1,3,6-13H2,2,4-5H3,(H2,22,23,29)(H2,24,25,30). The lowest BCUT2D eigenvalue weighted by molar-refractivity contribution is -0.143. The van der Waals surface area contributed by atoms with Gasteiger partial charge in [-0.05, 0) is 33.1 Å². The van der Waals surface area contributed by atoms with Gasteiger partial charge in [-0.3, -0.25) is 0 Å². The number of ether oxygens (including phenoxy) is 3. The van der Waals surface area contributed by atoms with E-state index in [9.17, 15) is 24.0 Å². The summed E-state index contributed by atoms with van der Waals surface area (Å²) >= 11 is 0. The van der Waals surface area contributed by atoms with Gasteiger partial charge in [-0.15, -0.1) is 0 Å². The second-order valence-corrected chi connectivity index (χ2v) is 6.99. The molecule has 0 aromatic carbocycles. The van der Waals surface area contributed by atoms with Crippen molar-refractivity contribution in [3.63, 3.8) is 0 Å². The van der Waals surface area contributed by atoms with Crippen LogP contribution in [-0.4, -0.2) is 76.0 Å². The molecule has 0 aromatic heterocycles. The summed E-state index contributed by atoms with van der Waals surface area (Å²) in [5, 5.41) is 10.1. The molecule has 0 heterocycles. The van der Waals surface area contributed by atoms with Crippen molar-refractivity contribution in [2.75, 3.05) is 40.0 Å². The number of rotatable bonds is 15. The molecule has 0 spiro atoms. The smallest absolute Gasteiger partial charge is 0.333 e. The Morgan fingerprint density at radius 3 is 1.73 bits per heavy atom. The summed E-state index contributed by atoms with van der Waals surface area (Å²) in [5.74, 6) is -1.68. The van der Waals surface area contributed by atoms with E-state index in [0.29, 0.717) is 25.8 Å². The second-order valence-electron chi connectivity index (χ2n) is 6.99. The maximum atomic E-state index is 11.9. The van der Waals surface area contributed by atoms with Gasteiger partial charge >= 0.3 is 30.0 Å². The average molecular weight is 471 g/mol. The predicted molar refractivity (Wildman–Crippen MR) is 119 cm³/mol. The van der Waals surface area contributed by atoms with Crippen molar-refractivity contribution in [3.8, 4) is 0 Å². The van der Waals surface area contributed by atoms with Gasteiger partial charge in [0.1, 0.15) is 19.3 Å². The maximum Gasteiger partial charge on any atom is 0.333 e. The minimum absolute atomic E-state index is 0.0317. The number of urea groups is 2. The van der Waals surface area contributed by atoms with Crippen LogP contribution in [0.15, 0.2) is 24.3 Å². The van der Waals surface area contributed by atoms with Crippen LogP contribution in [0.2, 0.25) is 0 Å². The van der Waals surface area contributed by atoms with E-state index >= 15 is 0 Å². The number of unbranched alkanes of at least 4 members (excludes halogenated alkanes) is 1. The highest BCUT2D eigenvalue weighted by Gasteiger charge is 2.21. The molecular formula is C21H34N4O8. The second kappa shape index (κ2) is 17.0. The predicted octanol–water partition coefficient (Wildman–Crippen LogP) is 0.535. The van der Waals surface area contributed by atoms with Crippen molar-refractivity contribution in [1.29, 1.82) is 0 Å². The van der Waals surface area contributed by atoms with E-state index in [1.165, 1.54) is 21.0 Å². The summed E-state index contributed by atoms with van der Waals surface area (Å²) in [4.78, 5) is 58.0. The van der Waals surface area contributed by atoms with Crippen LogP contribution in [0.3, 0.4) is 0 Å². The van der Waals surface area contributed by atoms with Gasteiger partial charge in [0, 0.05) is 17.7 Å². The van der Waals surface area contributed by atoms with Gasteiger partial charge in [0.2, 0.25) is 0 Å². The Morgan fingerprint density at radius 2 is 1.24 bits per heavy atom. The van der Waals surface area contributed by atoms with Crippen molar-refractivity contribution < 1.29 is 38.2 Å². The Kier molecular flexibility index (Phi) is 15.2. The molecule has 0 saturated carbocycles. The molecule has 0 aromatic rings. The Balaban J connectivity index is 4.08. The van der Waals surface area contributed by atoms with Crippen molar-refractivity contribution in [3.05, 3.63) is 24.3 Å². The molecule has 186 valence electrons. The fourth-order valence-corrected chi connectivity index (χ4v) is 2.20. The molecule has 4 amide bonds. The Labute approximate surface area is 193 Å². The minimum Gasteiger partial charge on any atom is -0.467 e. The highest BCUT2D eigenvalue weighted by molar-refractivity contribution is 5.87. The van der Waals surface area contributed by atoms with E-state index in [2.05, 4.69) is 34.4 Å². The number of hydrogen-bond donors (Lipinski definition) is 4. The summed E-state index contributed by atoms with van der Waals surface area (Å²) in [6, 6.07) is -1.90. The fourth-order valence-electron chi connectivity index (χ4n) is 2.20. The quantitative estimate of drug-likeness (QED) is 0.117. The van der Waals surface area contributed by atoms with Crippen molar-refractivity contribution >= 4 is 30.0 Å². The first-order valence-corrected chi connectivity index (χ1v) is 10.4. The molecule has 4 N–H and O–H groups in total. The first-order valence-electron chi connectivity index (χ1n) is 10.4. The number of methoxy groups -OCH3 is 1. The molecule has 0 radical (unpaired) electrons. The zero-order valence-corrected chi connectivity index (χ0v) is 19.4. The zero-order chi connectivity index (χ0) is 25.2. The SMILES string of the molecule is C=C(C)C(=O)OCCNC(=O)NCCCCC(NC(=O)NCCOC(=O)C(=C)C)C(=O)OC. The summed E-state index contributed by atoms with van der Waals surface area (Å²) in [5.41, 5.74) is 0.530. The molecule has 12 heteroatoms. The van der Waals surface area contributed by atoms with Crippen LogP contribution in [0.5, 0.6) is 0 Å². The number of carbonyl (C=O) groups excluding carboxylic acids is 5. The molecule has 1 atom stereocenters. The molecule has 0 bridgehead atoms. The van der Waals surface area contributed by atoms with Crippen molar-refractivity contribution in [2.24, 2.45) is 0 Å². The minimum atomic E-state index is -0.871. The highest BCUT2D eigenvalue weighted by atomic mass is 16.5. The van der Waals surface area contributed by atoms with Crippen LogP contribution in [0, 0.1) is 0 Å². The van der Waals surface area contributed by atoms with Crippen LogP contribution in [0.25, 0.3) is 0 Å². The molecule has 12 nitrogen and oxygen atoms in total. The van der Waals surface area contributed by atoms with Crippen LogP contribution in [0.4, 0.5) is 9.59 Å². The molecule has 33 heavy (non-hydrogen) atoms. The van der Waals surface area contributed by atoms with Gasteiger partial charge in [0.15, 0.2) is 0 Å². The third kappa shape index (κ3) is 15.0. The summed E-state index contributed by atoms with van der Waals surface area (Å²) < 4.78 is 14.4. The van der Waals surface area contributed by atoms with E-state index in [1.54, 1.807) is 0 Å². The lowest BCUT2D eigenvalue weighted by Crippen LogP contribution is -2.47. The average Bonchev–Trinajstić information content (AvgIpc) is 2.77. The molecular weight excluding hydrogens is 436 g/mol. The third-order valence-corrected chi connectivity index (χ3v) is 3.93. The fraction of sp³-hybridized carbons (Fsp3) is 0.571. The molecule has 0 rings (SSSR count). The molecule has 0 saturated heterocycles. The van der Waals surface area contributed by atoms with Crippen LogP contribution in [0.1, 0.15) is 33.1 Å². The van der Waals surface area contributed by atoms with Crippen LogP contribution >= 0.6 is 0 Å². The van der Waals surface area contributed by atoms with Gasteiger partial charge in [0.05, 0.1) is 20.2 Å². The number of hydrogen-bond acceptors (Lipinski definition) is 8. The van der Waals surface area contributed by atoms with E-state index < -0.39 is 36.0 Å². The van der Waals surface area contributed by atoms with Crippen molar-refractivity contribution in [2.45, 2.75) is 39.2 Å². The van der Waals surface area contributed by atoms with E-state index in [-0.39, 0.29) is 37.4 Å². The molecule has 0 aliphatic heterocycles. The summed E-state index contributed by atoms with van der Waals surface area (Å²) in [6.45, 7) is 10.5. The van der Waals surface area contributed by atoms with Crippen molar-refractivity contribution in [1.82, 2.24) is 21.3 Å². The van der Waals surface area contributed by atoms with Gasteiger partial charge in [-0.1, -0.05) is 13.2 Å². The number of carbonyl (C=O) groups is 5. The Hall–Kier alpha value is -3.57. The molecule has 0 fully saturated rings. The Morgan fingerprint density at radius 1 is 0.758 bits per heavy atom. The van der Waals surface area contributed by atoms with Gasteiger partial charge in [-0.2, -0.15) is 0 Å². The topological polar surface area (TPSA) is 161 Å². The molecule has 1 unspecified atom stereocenters. The van der Waals surface area contributed by atoms with E-state index in [1.807, 2.05) is 0 Å². The molecule has 0 aliphatic rings. The lowest BCUT2D eigenvalue weighted by Gasteiger charge is -2.17. The van der Waals surface area contributed by atoms with Gasteiger partial charge in [0.25, 0.3) is 0 Å². The largest absolute Gasteiger partial charge is 0.467 e. The molecule has 0 aliphatic carbocycles. The number of amides is 4. The highest BCUT2D eigenvalue weighted by Crippen LogP contribution is 2.03. The lowest BCUT2D eigenvalue weighted by atomic mass is 10.1. The van der Waals surface area contributed by atoms with Crippen LogP contribution in [-0.2, 0) is 28.6 Å². The first kappa shape index (κ1) is 29.4. The maximum absolute atomic E-state index is 11.9. The first-order chi connectivity index (χ1) is 15.6. The van der Waals surface area contributed by atoms with E-state index in [4.69, 9.17) is 14.2 Å². The summed E-state index contributed by atoms with van der Waals surface area (Å²) in [6.07, 6.45) is 1.36. The van der Waals surface area contributed by atoms with Crippen LogP contribution < -0.4 is 21.3 Å².